The lowest BCUT2D eigenvalue weighted by atomic mass is 10.3. The van der Waals surface area contributed by atoms with E-state index in [0.717, 1.165) is 16.3 Å². The quantitative estimate of drug-likeness (QED) is 0.790. The second-order valence-corrected chi connectivity index (χ2v) is 4.17. The highest BCUT2D eigenvalue weighted by Gasteiger charge is 2.03. The fourth-order valence-electron chi connectivity index (χ4n) is 1.02. The Balaban J connectivity index is 2.33. The molecule has 2 aromatic heterocycles. The Morgan fingerprint density at radius 3 is 2.64 bits per heavy atom. The van der Waals surface area contributed by atoms with Crippen LogP contribution < -0.4 is 4.74 Å². The number of halogens is 1. The van der Waals surface area contributed by atoms with Crippen molar-refractivity contribution in [2.45, 2.75) is 0 Å². The molecule has 3 nitrogen and oxygen atoms in total. The number of nitrogens with zero attached hydrogens (tertiary/aromatic N) is 2. The van der Waals surface area contributed by atoms with E-state index in [-0.39, 0.29) is 0 Å². The molecular formula is C9H7ClN2OS. The zero-order valence-corrected chi connectivity index (χ0v) is 8.97. The summed E-state index contributed by atoms with van der Waals surface area (Å²) in [6.45, 7) is 0. The van der Waals surface area contributed by atoms with Crippen LogP contribution >= 0.6 is 22.9 Å². The third-order valence-electron chi connectivity index (χ3n) is 1.70. The maximum Gasteiger partial charge on any atom is 0.184 e. The van der Waals surface area contributed by atoms with Crippen LogP contribution in [0.3, 0.4) is 0 Å². The molecule has 0 unspecified atom stereocenters. The SMILES string of the molecule is COc1ccc(-c2cnc(Cl)s2)nc1. The van der Waals surface area contributed by atoms with Gasteiger partial charge in [-0.3, -0.25) is 4.98 Å². The van der Waals surface area contributed by atoms with Crippen LogP contribution in [-0.2, 0) is 0 Å². The number of thiazole rings is 1. The van der Waals surface area contributed by atoms with E-state index in [1.54, 1.807) is 19.5 Å². The normalized spacial score (nSPS) is 10.1. The van der Waals surface area contributed by atoms with Crippen molar-refractivity contribution >= 4 is 22.9 Å². The molecule has 14 heavy (non-hydrogen) atoms. The molecule has 5 heteroatoms. The topological polar surface area (TPSA) is 35.0 Å². The summed E-state index contributed by atoms with van der Waals surface area (Å²) in [5.41, 5.74) is 0.857. The number of ether oxygens (including phenoxy) is 1. The molecule has 0 spiro atoms. The Hall–Kier alpha value is -1.13. The Labute approximate surface area is 90.3 Å². The monoisotopic (exact) mass is 226 g/mol. The third kappa shape index (κ3) is 1.86. The van der Waals surface area contributed by atoms with E-state index in [0.29, 0.717) is 4.47 Å². The van der Waals surface area contributed by atoms with Gasteiger partial charge in [-0.2, -0.15) is 0 Å². The van der Waals surface area contributed by atoms with E-state index in [9.17, 15) is 0 Å². The first-order valence-corrected chi connectivity index (χ1v) is 5.11. The fourth-order valence-corrected chi connectivity index (χ4v) is 1.93. The van der Waals surface area contributed by atoms with Crippen LogP contribution in [0.2, 0.25) is 4.47 Å². The molecule has 0 saturated heterocycles. The Bertz CT molecular complexity index is 427. The van der Waals surface area contributed by atoms with Gasteiger partial charge in [0.25, 0.3) is 0 Å². The van der Waals surface area contributed by atoms with Crippen molar-refractivity contribution in [2.24, 2.45) is 0 Å². The first-order chi connectivity index (χ1) is 6.79. The van der Waals surface area contributed by atoms with Crippen LogP contribution in [0.15, 0.2) is 24.5 Å². The second kappa shape index (κ2) is 3.94. The Morgan fingerprint density at radius 2 is 2.14 bits per heavy atom. The number of hydrogen-bond donors (Lipinski definition) is 0. The second-order valence-electron chi connectivity index (χ2n) is 2.56. The smallest absolute Gasteiger partial charge is 0.184 e. The van der Waals surface area contributed by atoms with E-state index >= 15 is 0 Å². The predicted molar refractivity (Wildman–Crippen MR) is 56.9 cm³/mol. The van der Waals surface area contributed by atoms with E-state index < -0.39 is 0 Å². The van der Waals surface area contributed by atoms with Crippen molar-refractivity contribution in [1.29, 1.82) is 0 Å². The molecule has 72 valence electrons. The average Bonchev–Trinajstić information content (AvgIpc) is 2.65. The zero-order valence-electron chi connectivity index (χ0n) is 7.40. The lowest BCUT2D eigenvalue weighted by molar-refractivity contribution is 0.413. The Morgan fingerprint density at radius 1 is 1.29 bits per heavy atom. The molecule has 0 N–H and O–H groups in total. The molecule has 0 saturated carbocycles. The van der Waals surface area contributed by atoms with Gasteiger partial charge in [0.05, 0.1) is 23.9 Å². The highest BCUT2D eigenvalue weighted by molar-refractivity contribution is 7.18. The molecule has 0 atom stereocenters. The van der Waals surface area contributed by atoms with Gasteiger partial charge in [0.2, 0.25) is 0 Å². The van der Waals surface area contributed by atoms with Crippen molar-refractivity contribution < 1.29 is 4.74 Å². The van der Waals surface area contributed by atoms with E-state index in [1.807, 2.05) is 12.1 Å². The van der Waals surface area contributed by atoms with Crippen molar-refractivity contribution in [3.8, 4) is 16.3 Å². The zero-order chi connectivity index (χ0) is 9.97. The van der Waals surface area contributed by atoms with Crippen LogP contribution in [-0.4, -0.2) is 17.1 Å². The van der Waals surface area contributed by atoms with Gasteiger partial charge in [-0.1, -0.05) is 11.6 Å². The molecule has 0 aliphatic rings. The van der Waals surface area contributed by atoms with Gasteiger partial charge in [-0.25, -0.2) is 4.98 Å². The summed E-state index contributed by atoms with van der Waals surface area (Å²) in [6, 6.07) is 3.73. The first kappa shape index (κ1) is 9.43. The van der Waals surface area contributed by atoms with Crippen LogP contribution in [0.25, 0.3) is 10.6 Å². The molecule has 0 aliphatic heterocycles. The summed E-state index contributed by atoms with van der Waals surface area (Å²) in [5, 5.41) is 0. The molecule has 0 aromatic carbocycles. The van der Waals surface area contributed by atoms with Crippen LogP contribution in [0.5, 0.6) is 5.75 Å². The molecule has 0 amide bonds. The highest BCUT2D eigenvalue weighted by Crippen LogP contribution is 2.27. The fraction of sp³-hybridized carbons (Fsp3) is 0.111. The Kier molecular flexibility index (Phi) is 2.65. The molecule has 0 radical (unpaired) electrons. The lowest BCUT2D eigenvalue weighted by Gasteiger charge is -1.99. The maximum atomic E-state index is 5.72. The summed E-state index contributed by atoms with van der Waals surface area (Å²) in [4.78, 5) is 9.12. The predicted octanol–water partition coefficient (Wildman–Crippen LogP) is 2.87. The van der Waals surface area contributed by atoms with E-state index in [1.165, 1.54) is 11.3 Å². The molecule has 0 aliphatic carbocycles. The van der Waals surface area contributed by atoms with Crippen LogP contribution in [0.4, 0.5) is 0 Å². The lowest BCUT2D eigenvalue weighted by Crippen LogP contribution is -1.84. The third-order valence-corrected chi connectivity index (χ3v) is 2.84. The van der Waals surface area contributed by atoms with Gasteiger partial charge in [-0.15, -0.1) is 11.3 Å². The number of hydrogen-bond acceptors (Lipinski definition) is 4. The van der Waals surface area contributed by atoms with Crippen molar-refractivity contribution in [3.05, 3.63) is 29.0 Å². The van der Waals surface area contributed by atoms with Crippen LogP contribution in [0.1, 0.15) is 0 Å². The number of aromatic nitrogens is 2. The van der Waals surface area contributed by atoms with Crippen LogP contribution in [0, 0.1) is 0 Å². The van der Waals surface area contributed by atoms with Gasteiger partial charge < -0.3 is 4.74 Å². The minimum atomic E-state index is 0.526. The van der Waals surface area contributed by atoms with Gasteiger partial charge >= 0.3 is 0 Å². The maximum absolute atomic E-state index is 5.72. The molecular weight excluding hydrogens is 220 g/mol. The van der Waals surface area contributed by atoms with Gasteiger partial charge in [-0.05, 0) is 12.1 Å². The summed E-state index contributed by atoms with van der Waals surface area (Å²) in [6.07, 6.45) is 3.38. The summed E-state index contributed by atoms with van der Waals surface area (Å²) >= 11 is 7.13. The highest BCUT2D eigenvalue weighted by atomic mass is 35.5. The summed E-state index contributed by atoms with van der Waals surface area (Å²) in [5.74, 6) is 0.740. The number of methoxy groups -OCH3 is 1. The summed E-state index contributed by atoms with van der Waals surface area (Å²) < 4.78 is 5.54. The molecule has 2 heterocycles. The van der Waals surface area contributed by atoms with Gasteiger partial charge in [0.15, 0.2) is 4.47 Å². The molecule has 2 rings (SSSR count). The summed E-state index contributed by atoms with van der Waals surface area (Å²) in [7, 11) is 1.61. The first-order valence-electron chi connectivity index (χ1n) is 3.91. The molecule has 0 fully saturated rings. The minimum absolute atomic E-state index is 0.526. The molecule has 0 bridgehead atoms. The van der Waals surface area contributed by atoms with Crippen molar-refractivity contribution in [3.63, 3.8) is 0 Å². The average molecular weight is 227 g/mol. The van der Waals surface area contributed by atoms with Crippen molar-refractivity contribution in [1.82, 2.24) is 9.97 Å². The minimum Gasteiger partial charge on any atom is -0.495 e. The molecule has 2 aromatic rings. The number of rotatable bonds is 2. The number of pyridine rings is 1. The van der Waals surface area contributed by atoms with Crippen molar-refractivity contribution in [2.75, 3.05) is 7.11 Å². The van der Waals surface area contributed by atoms with E-state index in [4.69, 9.17) is 16.3 Å². The standard InChI is InChI=1S/C9H7ClN2OS/c1-13-6-2-3-7(11-4-6)8-5-12-9(10)14-8/h2-5H,1H3. The van der Waals surface area contributed by atoms with E-state index in [2.05, 4.69) is 9.97 Å². The largest absolute Gasteiger partial charge is 0.495 e. The van der Waals surface area contributed by atoms with Gasteiger partial charge in [0.1, 0.15) is 5.75 Å². The van der Waals surface area contributed by atoms with Gasteiger partial charge in [0, 0.05) is 6.20 Å².